The normalized spacial score (nSPS) is 14.1. The highest BCUT2D eigenvalue weighted by Crippen LogP contribution is 2.28. The first-order chi connectivity index (χ1) is 19.1. The molecule has 226 valence electrons. The molecular weight excluding hydrogens is 519 g/mol. The maximum atomic E-state index is 13.8. The molecule has 41 heavy (non-hydrogen) atoms. The quantitative estimate of drug-likeness (QED) is 0.259. The highest BCUT2D eigenvalue weighted by Gasteiger charge is 2.36. The number of esters is 1. The first-order valence-corrected chi connectivity index (χ1v) is 14.7. The third kappa shape index (κ3) is 11.3. The van der Waals surface area contributed by atoms with Crippen molar-refractivity contribution < 1.29 is 23.5 Å². The van der Waals surface area contributed by atoms with Crippen LogP contribution in [0, 0.1) is 23.1 Å². The summed E-state index contributed by atoms with van der Waals surface area (Å²) in [4.78, 5) is 39.6. The molecule has 0 aromatic heterocycles. The molecule has 7 heteroatoms. The van der Waals surface area contributed by atoms with Crippen molar-refractivity contribution in [2.75, 3.05) is 7.05 Å². The molecule has 0 saturated carbocycles. The van der Waals surface area contributed by atoms with Crippen LogP contribution in [-0.4, -0.2) is 36.5 Å². The fourth-order valence-corrected chi connectivity index (χ4v) is 4.82. The third-order valence-corrected chi connectivity index (χ3v) is 7.14. The summed E-state index contributed by atoms with van der Waals surface area (Å²) in [6, 6.07) is 13.6. The molecule has 2 N–H and O–H groups in total. The van der Waals surface area contributed by atoms with Gasteiger partial charge in [0.25, 0.3) is 0 Å². The van der Waals surface area contributed by atoms with Gasteiger partial charge in [0.1, 0.15) is 17.5 Å². The van der Waals surface area contributed by atoms with E-state index in [1.807, 2.05) is 71.9 Å². The molecule has 2 aromatic rings. The molecule has 0 saturated heterocycles. The van der Waals surface area contributed by atoms with Crippen LogP contribution in [0.15, 0.2) is 48.5 Å². The Morgan fingerprint density at radius 1 is 0.878 bits per heavy atom. The Hall–Kier alpha value is -3.22. The van der Waals surface area contributed by atoms with Gasteiger partial charge in [-0.15, -0.1) is 0 Å². The second kappa shape index (κ2) is 15.1. The molecule has 0 radical (unpaired) electrons. The molecular formula is C34H49FN2O4. The number of unbranched alkanes of at least 4 members (excludes halogenated alkanes) is 1. The van der Waals surface area contributed by atoms with Crippen LogP contribution in [0.25, 0.3) is 11.1 Å². The molecule has 0 aliphatic heterocycles. The second-order valence-electron chi connectivity index (χ2n) is 13.0. The molecule has 0 spiro atoms. The van der Waals surface area contributed by atoms with Gasteiger partial charge in [0, 0.05) is 13.0 Å². The zero-order chi connectivity index (χ0) is 30.8. The topological polar surface area (TPSA) is 84.5 Å². The zero-order valence-corrected chi connectivity index (χ0v) is 26.1. The molecule has 0 aliphatic carbocycles. The van der Waals surface area contributed by atoms with Crippen LogP contribution < -0.4 is 10.6 Å². The minimum absolute atomic E-state index is 0.241. The van der Waals surface area contributed by atoms with Gasteiger partial charge in [-0.3, -0.25) is 14.4 Å². The Kier molecular flexibility index (Phi) is 12.5. The molecule has 2 rings (SSSR count). The van der Waals surface area contributed by atoms with Crippen LogP contribution >= 0.6 is 0 Å². The van der Waals surface area contributed by atoms with Gasteiger partial charge < -0.3 is 15.4 Å². The zero-order valence-electron chi connectivity index (χ0n) is 26.1. The number of benzene rings is 2. The second-order valence-corrected chi connectivity index (χ2v) is 13.0. The highest BCUT2D eigenvalue weighted by molar-refractivity contribution is 5.89. The first-order valence-electron chi connectivity index (χ1n) is 14.7. The summed E-state index contributed by atoms with van der Waals surface area (Å²) in [5, 5.41) is 5.65. The van der Waals surface area contributed by atoms with Gasteiger partial charge in [0.15, 0.2) is 0 Å². The van der Waals surface area contributed by atoms with E-state index in [2.05, 4.69) is 17.6 Å². The highest BCUT2D eigenvalue weighted by atomic mass is 19.1. The number of amides is 2. The SMILES string of the molecule is CCCC[C@@H](C[C@@H](CCc1ccc(-c2cccc(F)c2)cc1)C(=O)N[C@H](C(=O)NC)C(C)(C)C)C(=O)OC(C)(C)C. The van der Waals surface area contributed by atoms with Crippen molar-refractivity contribution in [1.29, 1.82) is 0 Å². The molecule has 2 aromatic carbocycles. The van der Waals surface area contributed by atoms with Crippen molar-refractivity contribution in [3.63, 3.8) is 0 Å². The third-order valence-electron chi connectivity index (χ3n) is 7.14. The van der Waals surface area contributed by atoms with E-state index >= 15 is 0 Å². The van der Waals surface area contributed by atoms with Crippen molar-refractivity contribution >= 4 is 17.8 Å². The number of hydrogen-bond donors (Lipinski definition) is 2. The van der Waals surface area contributed by atoms with Crippen LogP contribution in [0.5, 0.6) is 0 Å². The largest absolute Gasteiger partial charge is 0.460 e. The predicted molar refractivity (Wildman–Crippen MR) is 163 cm³/mol. The van der Waals surface area contributed by atoms with Gasteiger partial charge in [-0.05, 0) is 80.7 Å². The van der Waals surface area contributed by atoms with Crippen LogP contribution in [0.4, 0.5) is 4.39 Å². The van der Waals surface area contributed by atoms with E-state index in [4.69, 9.17) is 4.74 Å². The number of carbonyl (C=O) groups excluding carboxylic acids is 3. The molecule has 0 fully saturated rings. The number of ether oxygens (including phenoxy) is 1. The maximum absolute atomic E-state index is 13.8. The Morgan fingerprint density at radius 3 is 2.07 bits per heavy atom. The molecule has 0 bridgehead atoms. The molecule has 0 heterocycles. The Morgan fingerprint density at radius 2 is 1.54 bits per heavy atom. The Balaban J connectivity index is 2.30. The minimum atomic E-state index is -0.719. The first kappa shape index (κ1) is 34.0. The fraction of sp³-hybridized carbons (Fsp3) is 0.559. The van der Waals surface area contributed by atoms with Crippen molar-refractivity contribution in [2.45, 2.75) is 98.6 Å². The summed E-state index contributed by atoms with van der Waals surface area (Å²) in [5.74, 6) is -1.99. The minimum Gasteiger partial charge on any atom is -0.460 e. The number of rotatable bonds is 13. The van der Waals surface area contributed by atoms with Gasteiger partial charge in [0.05, 0.1) is 5.92 Å². The average molecular weight is 569 g/mol. The van der Waals surface area contributed by atoms with E-state index in [1.165, 1.54) is 12.1 Å². The number of likely N-dealkylation sites (N-methyl/N-ethyl adjacent to an activating group) is 1. The van der Waals surface area contributed by atoms with Crippen LogP contribution in [-0.2, 0) is 25.5 Å². The van der Waals surface area contributed by atoms with Crippen LogP contribution in [0.3, 0.4) is 0 Å². The molecule has 0 unspecified atom stereocenters. The van der Waals surface area contributed by atoms with Gasteiger partial charge in [-0.1, -0.05) is 76.9 Å². The number of hydrogen-bond acceptors (Lipinski definition) is 4. The summed E-state index contributed by atoms with van der Waals surface area (Å²) in [6.45, 7) is 13.3. The van der Waals surface area contributed by atoms with Gasteiger partial charge in [-0.2, -0.15) is 0 Å². The monoisotopic (exact) mass is 568 g/mol. The fourth-order valence-electron chi connectivity index (χ4n) is 4.82. The number of carbonyl (C=O) groups is 3. The van der Waals surface area contributed by atoms with E-state index in [0.717, 1.165) is 29.5 Å². The number of aryl methyl sites for hydroxylation is 1. The van der Waals surface area contributed by atoms with Gasteiger partial charge in [0.2, 0.25) is 11.8 Å². The van der Waals surface area contributed by atoms with Gasteiger partial charge >= 0.3 is 5.97 Å². The summed E-state index contributed by atoms with van der Waals surface area (Å²) >= 11 is 0. The Labute approximate surface area is 245 Å². The van der Waals surface area contributed by atoms with E-state index in [1.54, 1.807) is 13.1 Å². The number of nitrogens with one attached hydrogen (secondary N) is 2. The van der Waals surface area contributed by atoms with Crippen molar-refractivity contribution in [2.24, 2.45) is 17.3 Å². The average Bonchev–Trinajstić information content (AvgIpc) is 2.89. The van der Waals surface area contributed by atoms with E-state index in [9.17, 15) is 18.8 Å². The predicted octanol–water partition coefficient (Wildman–Crippen LogP) is 6.86. The molecule has 3 atom stereocenters. The summed E-state index contributed by atoms with van der Waals surface area (Å²) in [7, 11) is 1.56. The maximum Gasteiger partial charge on any atom is 0.309 e. The lowest BCUT2D eigenvalue weighted by molar-refractivity contribution is -0.161. The van der Waals surface area contributed by atoms with Crippen LogP contribution in [0.2, 0.25) is 0 Å². The smallest absolute Gasteiger partial charge is 0.309 e. The lowest BCUT2D eigenvalue weighted by Crippen LogP contribution is -2.54. The van der Waals surface area contributed by atoms with E-state index in [0.29, 0.717) is 25.7 Å². The molecule has 2 amide bonds. The lowest BCUT2D eigenvalue weighted by Gasteiger charge is -2.32. The Bertz CT molecular complexity index is 1150. The van der Waals surface area contributed by atoms with Crippen molar-refractivity contribution in [3.05, 3.63) is 59.9 Å². The summed E-state index contributed by atoms with van der Waals surface area (Å²) in [5.41, 5.74) is 1.61. The van der Waals surface area contributed by atoms with E-state index < -0.39 is 28.9 Å². The number of halogens is 1. The standard InChI is InChI=1S/C34H49FN2O4/c1-9-10-12-27(32(40)41-34(5,6)7)21-26(30(38)37-29(31(39)36-8)33(2,3)4)20-17-23-15-18-24(19-16-23)25-13-11-14-28(35)22-25/h11,13-16,18-19,22,26-27,29H,9-10,12,17,20-21H2,1-8H3,(H,36,39)(H,37,38)/t26-,27+,29-/m1/s1. The van der Waals surface area contributed by atoms with Crippen molar-refractivity contribution in [1.82, 2.24) is 10.6 Å². The van der Waals surface area contributed by atoms with Crippen molar-refractivity contribution in [3.8, 4) is 11.1 Å². The molecule has 6 nitrogen and oxygen atoms in total. The van der Waals surface area contributed by atoms with E-state index in [-0.39, 0.29) is 23.6 Å². The molecule has 0 aliphatic rings. The summed E-state index contributed by atoms with van der Waals surface area (Å²) in [6.07, 6.45) is 3.86. The van der Waals surface area contributed by atoms with Gasteiger partial charge in [-0.25, -0.2) is 4.39 Å². The summed E-state index contributed by atoms with van der Waals surface area (Å²) < 4.78 is 19.4. The van der Waals surface area contributed by atoms with Crippen LogP contribution in [0.1, 0.15) is 86.1 Å². The lowest BCUT2D eigenvalue weighted by atomic mass is 9.83.